The van der Waals surface area contributed by atoms with E-state index in [1.165, 1.54) is 23.5 Å². The van der Waals surface area contributed by atoms with E-state index in [0.29, 0.717) is 22.1 Å². The Morgan fingerprint density at radius 2 is 1.95 bits per heavy atom. The van der Waals surface area contributed by atoms with Crippen LogP contribution in [0.25, 0.3) is 10.1 Å². The number of rotatable bonds is 2. The highest BCUT2D eigenvalue weighted by molar-refractivity contribution is 7.20. The molecule has 0 bridgehead atoms. The number of anilines is 1. The van der Waals surface area contributed by atoms with Crippen molar-refractivity contribution >= 4 is 33.0 Å². The van der Waals surface area contributed by atoms with Crippen molar-refractivity contribution < 1.29 is 18.7 Å². The average molecular weight is 315 g/mol. The fourth-order valence-electron chi connectivity index (χ4n) is 2.28. The minimum atomic E-state index is -0.308. The van der Waals surface area contributed by atoms with Gasteiger partial charge in [-0.3, -0.25) is 4.79 Å². The lowest BCUT2D eigenvalue weighted by molar-refractivity contribution is 0.103. The standard InChI is InChI=1S/C16H10FNO3S/c17-10-2-1-9-5-15(22-14(9)6-10)16(19)18-11-3-4-12-13(7-11)21-8-20-12/h1-7H,8H2,(H,18,19). The van der Waals surface area contributed by atoms with Crippen molar-refractivity contribution in [2.45, 2.75) is 0 Å². The highest BCUT2D eigenvalue weighted by Crippen LogP contribution is 2.34. The zero-order valence-corrected chi connectivity index (χ0v) is 12.1. The van der Waals surface area contributed by atoms with Crippen LogP contribution in [0.2, 0.25) is 0 Å². The lowest BCUT2D eigenvalue weighted by atomic mass is 10.2. The molecule has 0 fully saturated rings. The Morgan fingerprint density at radius 3 is 2.86 bits per heavy atom. The van der Waals surface area contributed by atoms with Crippen LogP contribution in [-0.4, -0.2) is 12.7 Å². The van der Waals surface area contributed by atoms with Gasteiger partial charge >= 0.3 is 0 Å². The summed E-state index contributed by atoms with van der Waals surface area (Å²) in [5.74, 6) is 0.726. The highest BCUT2D eigenvalue weighted by atomic mass is 32.1. The fraction of sp³-hybridized carbons (Fsp3) is 0.0625. The summed E-state index contributed by atoms with van der Waals surface area (Å²) < 4.78 is 24.4. The molecule has 0 saturated heterocycles. The van der Waals surface area contributed by atoms with Crippen LogP contribution < -0.4 is 14.8 Å². The van der Waals surface area contributed by atoms with E-state index in [4.69, 9.17) is 9.47 Å². The lowest BCUT2D eigenvalue weighted by Crippen LogP contribution is -2.09. The van der Waals surface area contributed by atoms with Gasteiger partial charge in [0.1, 0.15) is 5.82 Å². The Kier molecular flexibility index (Phi) is 2.97. The predicted octanol–water partition coefficient (Wildman–Crippen LogP) is 4.02. The monoisotopic (exact) mass is 315 g/mol. The average Bonchev–Trinajstić information content (AvgIpc) is 3.12. The smallest absolute Gasteiger partial charge is 0.265 e. The van der Waals surface area contributed by atoms with Crippen molar-refractivity contribution in [1.29, 1.82) is 0 Å². The zero-order valence-electron chi connectivity index (χ0n) is 11.3. The number of nitrogens with one attached hydrogen (secondary N) is 1. The van der Waals surface area contributed by atoms with E-state index >= 15 is 0 Å². The molecule has 3 aromatic rings. The van der Waals surface area contributed by atoms with Gasteiger partial charge in [-0.05, 0) is 35.7 Å². The van der Waals surface area contributed by atoms with Crippen molar-refractivity contribution in [1.82, 2.24) is 0 Å². The van der Waals surface area contributed by atoms with Gasteiger partial charge in [-0.1, -0.05) is 6.07 Å². The second kappa shape index (κ2) is 4.99. The third-order valence-corrected chi connectivity index (χ3v) is 4.43. The first kappa shape index (κ1) is 13.1. The molecular weight excluding hydrogens is 305 g/mol. The van der Waals surface area contributed by atoms with Crippen LogP contribution in [-0.2, 0) is 0 Å². The van der Waals surface area contributed by atoms with Gasteiger partial charge in [-0.15, -0.1) is 11.3 Å². The molecule has 6 heteroatoms. The summed E-state index contributed by atoms with van der Waals surface area (Å²) in [6, 6.07) is 11.4. The maximum absolute atomic E-state index is 13.2. The van der Waals surface area contributed by atoms with Crippen molar-refractivity contribution in [3.8, 4) is 11.5 Å². The molecule has 2 heterocycles. The zero-order chi connectivity index (χ0) is 15.1. The number of amides is 1. The summed E-state index contributed by atoms with van der Waals surface area (Å²) in [5, 5.41) is 3.65. The van der Waals surface area contributed by atoms with Gasteiger partial charge < -0.3 is 14.8 Å². The van der Waals surface area contributed by atoms with Crippen LogP contribution in [0.5, 0.6) is 11.5 Å². The Labute approximate surface area is 129 Å². The third-order valence-electron chi connectivity index (χ3n) is 3.34. The molecule has 0 unspecified atom stereocenters. The van der Waals surface area contributed by atoms with Gasteiger partial charge in [-0.25, -0.2) is 4.39 Å². The van der Waals surface area contributed by atoms with E-state index in [-0.39, 0.29) is 18.5 Å². The van der Waals surface area contributed by atoms with Crippen molar-refractivity contribution in [2.24, 2.45) is 0 Å². The first-order valence-corrected chi connectivity index (χ1v) is 7.41. The molecule has 4 nitrogen and oxygen atoms in total. The second-order valence-corrected chi connectivity index (χ2v) is 5.90. The Hall–Kier alpha value is -2.60. The van der Waals surface area contributed by atoms with E-state index in [1.54, 1.807) is 30.3 Å². The van der Waals surface area contributed by atoms with E-state index in [9.17, 15) is 9.18 Å². The van der Waals surface area contributed by atoms with Gasteiger partial charge in [0.25, 0.3) is 5.91 Å². The van der Waals surface area contributed by atoms with Gasteiger partial charge in [0.05, 0.1) is 4.88 Å². The van der Waals surface area contributed by atoms with Crippen LogP contribution in [0.3, 0.4) is 0 Å². The number of fused-ring (bicyclic) bond motifs is 2. The first-order chi connectivity index (χ1) is 10.7. The summed E-state index contributed by atoms with van der Waals surface area (Å²) in [6.07, 6.45) is 0. The number of benzene rings is 2. The molecule has 0 aliphatic carbocycles. The van der Waals surface area contributed by atoms with Crippen LogP contribution in [0.4, 0.5) is 10.1 Å². The first-order valence-electron chi connectivity index (χ1n) is 6.59. The third kappa shape index (κ3) is 2.27. The van der Waals surface area contributed by atoms with Gasteiger partial charge in [0.2, 0.25) is 6.79 Å². The Morgan fingerprint density at radius 1 is 1.09 bits per heavy atom. The van der Waals surface area contributed by atoms with Gasteiger partial charge in [-0.2, -0.15) is 0 Å². The molecule has 0 saturated carbocycles. The lowest BCUT2D eigenvalue weighted by Gasteiger charge is -2.04. The summed E-state index contributed by atoms with van der Waals surface area (Å²) >= 11 is 1.26. The number of hydrogen-bond donors (Lipinski definition) is 1. The molecule has 1 aliphatic heterocycles. The summed E-state index contributed by atoms with van der Waals surface area (Å²) in [6.45, 7) is 0.189. The Balaban J connectivity index is 1.60. The molecule has 1 amide bonds. The molecule has 4 rings (SSSR count). The fourth-order valence-corrected chi connectivity index (χ4v) is 3.27. The topological polar surface area (TPSA) is 47.6 Å². The minimum Gasteiger partial charge on any atom is -0.454 e. The van der Waals surface area contributed by atoms with E-state index in [0.717, 1.165) is 10.1 Å². The van der Waals surface area contributed by atoms with E-state index in [2.05, 4.69) is 5.32 Å². The number of halogens is 1. The number of carbonyl (C=O) groups is 1. The summed E-state index contributed by atoms with van der Waals surface area (Å²) in [4.78, 5) is 12.8. The normalized spacial score (nSPS) is 12.6. The van der Waals surface area contributed by atoms with Crippen molar-refractivity contribution in [3.63, 3.8) is 0 Å². The molecular formula is C16H10FNO3S. The van der Waals surface area contributed by atoms with Crippen LogP contribution in [0.15, 0.2) is 42.5 Å². The van der Waals surface area contributed by atoms with Gasteiger partial charge in [0, 0.05) is 16.5 Å². The van der Waals surface area contributed by atoms with Crippen LogP contribution >= 0.6 is 11.3 Å². The van der Waals surface area contributed by atoms with Crippen molar-refractivity contribution in [3.05, 3.63) is 53.2 Å². The largest absolute Gasteiger partial charge is 0.454 e. The molecule has 0 spiro atoms. The summed E-state index contributed by atoms with van der Waals surface area (Å²) in [5.41, 5.74) is 0.623. The molecule has 0 radical (unpaired) electrons. The Bertz CT molecular complexity index is 890. The van der Waals surface area contributed by atoms with Gasteiger partial charge in [0.15, 0.2) is 11.5 Å². The van der Waals surface area contributed by atoms with Crippen molar-refractivity contribution in [2.75, 3.05) is 12.1 Å². The maximum atomic E-state index is 13.2. The molecule has 22 heavy (non-hydrogen) atoms. The SMILES string of the molecule is O=C(Nc1ccc2c(c1)OCO2)c1cc2ccc(F)cc2s1. The van der Waals surface area contributed by atoms with E-state index in [1.807, 2.05) is 0 Å². The maximum Gasteiger partial charge on any atom is 0.265 e. The molecule has 1 N–H and O–H groups in total. The predicted molar refractivity (Wildman–Crippen MR) is 82.3 cm³/mol. The summed E-state index contributed by atoms with van der Waals surface area (Å²) in [7, 11) is 0. The number of ether oxygens (including phenoxy) is 2. The van der Waals surface area contributed by atoms with E-state index < -0.39 is 0 Å². The molecule has 1 aliphatic rings. The molecule has 0 atom stereocenters. The molecule has 1 aromatic heterocycles. The quantitative estimate of drug-likeness (QED) is 0.777. The number of thiophene rings is 1. The minimum absolute atomic E-state index is 0.189. The number of hydrogen-bond acceptors (Lipinski definition) is 4. The van der Waals surface area contributed by atoms with Crippen LogP contribution in [0, 0.1) is 5.82 Å². The van der Waals surface area contributed by atoms with Crippen LogP contribution in [0.1, 0.15) is 9.67 Å². The molecule has 110 valence electrons. The highest BCUT2D eigenvalue weighted by Gasteiger charge is 2.15. The molecule has 2 aromatic carbocycles. The number of carbonyl (C=O) groups excluding carboxylic acids is 1. The second-order valence-electron chi connectivity index (χ2n) is 4.81.